The average Bonchev–Trinajstić information content (AvgIpc) is 2.59. The first-order valence-corrected chi connectivity index (χ1v) is 10.5. The molecule has 0 heterocycles. The van der Waals surface area contributed by atoms with Crippen LogP contribution in [0.1, 0.15) is 27.2 Å². The van der Waals surface area contributed by atoms with Crippen molar-refractivity contribution in [3.8, 4) is 0 Å². The third kappa shape index (κ3) is 7.45. The fourth-order valence-corrected chi connectivity index (χ4v) is 5.43. The third-order valence-corrected chi connectivity index (χ3v) is 7.52. The van der Waals surface area contributed by atoms with Crippen LogP contribution in [0.2, 0.25) is 12.1 Å². The van der Waals surface area contributed by atoms with Crippen molar-refractivity contribution in [1.82, 2.24) is 0 Å². The first-order valence-electron chi connectivity index (χ1n) is 8.25. The monoisotopic (exact) mass is 341 g/mol. The number of methoxy groups -OCH3 is 2. The summed E-state index contributed by atoms with van der Waals surface area (Å²) in [5.74, 6) is 0. The summed E-state index contributed by atoms with van der Waals surface area (Å²) in [6, 6.07) is 12.0. The molecule has 2 atom stereocenters. The van der Waals surface area contributed by atoms with Crippen molar-refractivity contribution < 1.29 is 18.3 Å². The summed E-state index contributed by atoms with van der Waals surface area (Å²) >= 11 is 0. The summed E-state index contributed by atoms with van der Waals surface area (Å²) in [5, 5.41) is 3.42. The summed E-state index contributed by atoms with van der Waals surface area (Å²) < 4.78 is 22.8. The Morgan fingerprint density at radius 2 is 1.57 bits per heavy atom. The van der Waals surface area contributed by atoms with Gasteiger partial charge in [-0.1, -0.05) is 25.1 Å². The fraction of sp³-hybridized carbons (Fsp3) is 0.647. The second kappa shape index (κ2) is 10.8. The zero-order chi connectivity index (χ0) is 17.1. The van der Waals surface area contributed by atoms with Crippen LogP contribution in [-0.4, -0.2) is 41.9 Å². The topological polar surface area (TPSA) is 49.0 Å². The molecule has 1 aromatic rings. The molecule has 6 heteroatoms. The fourth-order valence-electron chi connectivity index (χ4n) is 2.34. The molecule has 2 unspecified atom stereocenters. The molecule has 23 heavy (non-hydrogen) atoms. The van der Waals surface area contributed by atoms with Gasteiger partial charge in [-0.15, -0.1) is 0 Å². The van der Waals surface area contributed by atoms with Gasteiger partial charge in [-0.05, 0) is 44.5 Å². The summed E-state index contributed by atoms with van der Waals surface area (Å²) in [5.41, 5.74) is 1.13. The van der Waals surface area contributed by atoms with Gasteiger partial charge in [-0.3, -0.25) is 0 Å². The van der Waals surface area contributed by atoms with Gasteiger partial charge in [-0.25, -0.2) is 0 Å². The van der Waals surface area contributed by atoms with Crippen molar-refractivity contribution in [2.24, 2.45) is 0 Å². The first-order chi connectivity index (χ1) is 11.0. The molecule has 0 saturated carbocycles. The Bertz CT molecular complexity index is 406. The molecular formula is C17H31NO4Si. The molecule has 5 nitrogen and oxygen atoms in total. The van der Waals surface area contributed by atoms with Crippen LogP contribution in [0.3, 0.4) is 0 Å². The van der Waals surface area contributed by atoms with Gasteiger partial charge in [0.2, 0.25) is 0 Å². The van der Waals surface area contributed by atoms with E-state index >= 15 is 0 Å². The van der Waals surface area contributed by atoms with Crippen LogP contribution < -0.4 is 5.32 Å². The number of anilines is 1. The largest absolute Gasteiger partial charge is 0.385 e. The van der Waals surface area contributed by atoms with E-state index in [1.807, 2.05) is 32.0 Å². The molecule has 132 valence electrons. The summed E-state index contributed by atoms with van der Waals surface area (Å²) in [6.45, 7) is 6.80. The SMILES string of the molecule is CC[Si](CCCNc1ccccc1)(OC(C)OC)OC(C)OC. The lowest BCUT2D eigenvalue weighted by molar-refractivity contribution is -0.104. The van der Waals surface area contributed by atoms with Gasteiger partial charge in [0.05, 0.1) is 0 Å². The van der Waals surface area contributed by atoms with Crippen LogP contribution in [0.25, 0.3) is 0 Å². The van der Waals surface area contributed by atoms with E-state index in [2.05, 4.69) is 24.4 Å². The molecule has 0 aliphatic heterocycles. The predicted octanol–water partition coefficient (Wildman–Crippen LogP) is 3.97. The van der Waals surface area contributed by atoms with E-state index in [1.165, 1.54) is 0 Å². The number of benzene rings is 1. The number of para-hydroxylation sites is 1. The average molecular weight is 342 g/mol. The molecule has 0 bridgehead atoms. The second-order valence-electron chi connectivity index (χ2n) is 5.50. The van der Waals surface area contributed by atoms with Crippen molar-refractivity contribution in [2.75, 3.05) is 26.1 Å². The van der Waals surface area contributed by atoms with Crippen molar-refractivity contribution >= 4 is 14.2 Å². The number of rotatable bonds is 12. The van der Waals surface area contributed by atoms with Crippen molar-refractivity contribution in [2.45, 2.75) is 51.9 Å². The molecule has 1 N–H and O–H groups in total. The summed E-state index contributed by atoms with van der Waals surface area (Å²) in [7, 11) is 0.932. The predicted molar refractivity (Wildman–Crippen MR) is 95.7 cm³/mol. The molecular weight excluding hydrogens is 310 g/mol. The van der Waals surface area contributed by atoms with Crippen LogP contribution in [0, 0.1) is 0 Å². The van der Waals surface area contributed by atoms with Crippen molar-refractivity contribution in [1.29, 1.82) is 0 Å². The highest BCUT2D eigenvalue weighted by molar-refractivity contribution is 6.67. The second-order valence-corrected chi connectivity index (χ2v) is 9.00. The minimum absolute atomic E-state index is 0.271. The van der Waals surface area contributed by atoms with Crippen LogP contribution in [0.15, 0.2) is 30.3 Å². The van der Waals surface area contributed by atoms with E-state index in [0.29, 0.717) is 0 Å². The molecule has 0 aromatic heterocycles. The molecule has 0 radical (unpaired) electrons. The van der Waals surface area contributed by atoms with Crippen LogP contribution in [0.5, 0.6) is 0 Å². The molecule has 0 aliphatic rings. The maximum absolute atomic E-state index is 6.15. The highest BCUT2D eigenvalue weighted by Crippen LogP contribution is 2.25. The van der Waals surface area contributed by atoms with Gasteiger partial charge in [0.25, 0.3) is 0 Å². The minimum Gasteiger partial charge on any atom is -0.385 e. The maximum atomic E-state index is 6.15. The van der Waals surface area contributed by atoms with E-state index < -0.39 is 8.56 Å². The molecule has 0 fully saturated rings. The number of ether oxygens (including phenoxy) is 2. The van der Waals surface area contributed by atoms with Gasteiger partial charge in [-0.2, -0.15) is 0 Å². The lowest BCUT2D eigenvalue weighted by Crippen LogP contribution is -2.47. The maximum Gasteiger partial charge on any atom is 0.341 e. The van der Waals surface area contributed by atoms with E-state index in [-0.39, 0.29) is 12.6 Å². The lowest BCUT2D eigenvalue weighted by atomic mass is 10.3. The zero-order valence-electron chi connectivity index (χ0n) is 15.0. The molecule has 0 aliphatic carbocycles. The Hall–Kier alpha value is -0.923. The quantitative estimate of drug-likeness (QED) is 0.354. The van der Waals surface area contributed by atoms with Gasteiger partial charge in [0.15, 0.2) is 0 Å². The van der Waals surface area contributed by atoms with E-state index in [4.69, 9.17) is 18.3 Å². The molecule has 1 rings (SSSR count). The van der Waals surface area contributed by atoms with Gasteiger partial charge in [0.1, 0.15) is 12.6 Å². The Morgan fingerprint density at radius 3 is 2.04 bits per heavy atom. The number of hydrogen-bond donors (Lipinski definition) is 1. The Labute approximate surface area is 141 Å². The molecule has 0 amide bonds. The van der Waals surface area contributed by atoms with Crippen molar-refractivity contribution in [3.63, 3.8) is 0 Å². The first kappa shape index (κ1) is 20.1. The van der Waals surface area contributed by atoms with E-state index in [9.17, 15) is 0 Å². The van der Waals surface area contributed by atoms with E-state index in [1.54, 1.807) is 14.2 Å². The van der Waals surface area contributed by atoms with Crippen LogP contribution in [-0.2, 0) is 18.3 Å². The highest BCUT2D eigenvalue weighted by Gasteiger charge is 2.38. The Morgan fingerprint density at radius 1 is 1.00 bits per heavy atom. The number of nitrogens with one attached hydrogen (secondary N) is 1. The number of hydrogen-bond acceptors (Lipinski definition) is 5. The Kier molecular flexibility index (Phi) is 9.43. The normalized spacial score (nSPS) is 16.6. The Balaban J connectivity index is 2.56. The third-order valence-electron chi connectivity index (χ3n) is 3.80. The summed E-state index contributed by atoms with van der Waals surface area (Å²) in [4.78, 5) is 0. The van der Waals surface area contributed by atoms with E-state index in [0.717, 1.165) is 30.7 Å². The van der Waals surface area contributed by atoms with Crippen LogP contribution in [0.4, 0.5) is 5.69 Å². The van der Waals surface area contributed by atoms with Crippen molar-refractivity contribution in [3.05, 3.63) is 30.3 Å². The van der Waals surface area contributed by atoms with Gasteiger partial charge >= 0.3 is 8.56 Å². The molecule has 0 saturated heterocycles. The van der Waals surface area contributed by atoms with Gasteiger partial charge in [0, 0.05) is 26.5 Å². The molecule has 0 spiro atoms. The summed E-state index contributed by atoms with van der Waals surface area (Å²) in [6.07, 6.45) is 0.433. The van der Waals surface area contributed by atoms with Crippen LogP contribution >= 0.6 is 0 Å². The zero-order valence-corrected chi connectivity index (χ0v) is 16.0. The lowest BCUT2D eigenvalue weighted by Gasteiger charge is -2.34. The standard InChI is InChI=1S/C17H31NO4Si/c1-6-23(21-15(2)19-4,22-16(3)20-5)14-10-13-18-17-11-8-7-9-12-17/h7-9,11-12,15-16,18H,6,10,13-14H2,1-5H3. The minimum atomic E-state index is -2.37. The molecule has 1 aromatic carbocycles. The highest BCUT2D eigenvalue weighted by atomic mass is 28.4. The smallest absolute Gasteiger partial charge is 0.341 e. The van der Waals surface area contributed by atoms with Gasteiger partial charge < -0.3 is 23.6 Å².